The van der Waals surface area contributed by atoms with Crippen molar-refractivity contribution in [1.82, 2.24) is 5.32 Å². The monoisotopic (exact) mass is 275 g/mol. The van der Waals surface area contributed by atoms with E-state index in [4.69, 9.17) is 0 Å². The zero-order valence-corrected chi connectivity index (χ0v) is 11.5. The van der Waals surface area contributed by atoms with Gasteiger partial charge in [0, 0.05) is 10.9 Å². The summed E-state index contributed by atoms with van der Waals surface area (Å²) >= 11 is 5.36. The molecular formula is C11H18BrNS. The third-order valence-corrected chi connectivity index (χ3v) is 3.92. The Labute approximate surface area is 99.0 Å². The van der Waals surface area contributed by atoms with Gasteiger partial charge in [-0.3, -0.25) is 0 Å². The van der Waals surface area contributed by atoms with E-state index in [2.05, 4.69) is 48.1 Å². The second-order valence-electron chi connectivity index (χ2n) is 3.48. The van der Waals surface area contributed by atoms with Crippen LogP contribution in [0.3, 0.4) is 0 Å². The molecule has 0 saturated carbocycles. The van der Waals surface area contributed by atoms with E-state index in [1.165, 1.54) is 20.6 Å². The topological polar surface area (TPSA) is 12.0 Å². The van der Waals surface area contributed by atoms with E-state index in [9.17, 15) is 0 Å². The van der Waals surface area contributed by atoms with Gasteiger partial charge in [0.2, 0.25) is 0 Å². The Balaban J connectivity index is 2.72. The highest BCUT2D eigenvalue weighted by atomic mass is 79.9. The Kier molecular flexibility index (Phi) is 5.13. The van der Waals surface area contributed by atoms with E-state index >= 15 is 0 Å². The Hall–Kier alpha value is 0.140. The molecule has 1 nitrogen and oxygen atoms in total. The van der Waals surface area contributed by atoms with Crippen molar-refractivity contribution in [2.75, 3.05) is 6.54 Å². The summed E-state index contributed by atoms with van der Waals surface area (Å²) in [5.74, 6) is 0. The lowest BCUT2D eigenvalue weighted by Crippen LogP contribution is -2.21. The zero-order chi connectivity index (χ0) is 10.6. The average Bonchev–Trinajstić information content (AvgIpc) is 2.47. The van der Waals surface area contributed by atoms with Crippen molar-refractivity contribution in [2.24, 2.45) is 0 Å². The number of hydrogen-bond donors (Lipinski definition) is 1. The van der Waals surface area contributed by atoms with Crippen molar-refractivity contribution in [3.63, 3.8) is 0 Å². The largest absolute Gasteiger partial charge is 0.310 e. The number of thiophene rings is 1. The molecule has 1 rings (SSSR count). The third kappa shape index (κ3) is 3.07. The average molecular weight is 276 g/mol. The number of nitrogens with one attached hydrogen (secondary N) is 1. The molecular weight excluding hydrogens is 258 g/mol. The molecule has 0 saturated heterocycles. The van der Waals surface area contributed by atoms with Gasteiger partial charge >= 0.3 is 0 Å². The van der Waals surface area contributed by atoms with Gasteiger partial charge in [0.15, 0.2) is 0 Å². The highest BCUT2D eigenvalue weighted by Crippen LogP contribution is 2.31. The van der Waals surface area contributed by atoms with Crippen molar-refractivity contribution in [3.8, 4) is 0 Å². The molecule has 0 aromatic carbocycles. The van der Waals surface area contributed by atoms with Crippen LogP contribution in [-0.2, 0) is 0 Å². The van der Waals surface area contributed by atoms with Crippen LogP contribution >= 0.6 is 27.3 Å². The van der Waals surface area contributed by atoms with Crippen LogP contribution in [0.5, 0.6) is 0 Å². The van der Waals surface area contributed by atoms with Gasteiger partial charge in [0.1, 0.15) is 0 Å². The molecule has 80 valence electrons. The molecule has 0 fully saturated rings. The lowest BCUT2D eigenvalue weighted by Gasteiger charge is -2.16. The maximum Gasteiger partial charge on any atom is 0.0704 e. The molecule has 1 atom stereocenters. The first kappa shape index (κ1) is 12.2. The highest BCUT2D eigenvalue weighted by Gasteiger charge is 2.13. The molecule has 0 amide bonds. The number of rotatable bonds is 5. The summed E-state index contributed by atoms with van der Waals surface area (Å²) in [5, 5.41) is 3.58. The summed E-state index contributed by atoms with van der Waals surface area (Å²) in [4.78, 5) is 1.42. The molecule has 1 N–H and O–H groups in total. The molecule has 0 aliphatic heterocycles. The van der Waals surface area contributed by atoms with Crippen LogP contribution in [0.1, 0.15) is 43.2 Å². The summed E-state index contributed by atoms with van der Waals surface area (Å²) < 4.78 is 1.24. The third-order valence-electron chi connectivity index (χ3n) is 2.35. The predicted molar refractivity (Wildman–Crippen MR) is 68.1 cm³/mol. The predicted octanol–water partition coefficient (Wildman–Crippen LogP) is 4.27. The van der Waals surface area contributed by atoms with E-state index < -0.39 is 0 Å². The Morgan fingerprint density at radius 1 is 1.50 bits per heavy atom. The van der Waals surface area contributed by atoms with Gasteiger partial charge in [0.25, 0.3) is 0 Å². The number of hydrogen-bond acceptors (Lipinski definition) is 2. The Bertz CT molecular complexity index is 283. The molecule has 1 aromatic rings. The van der Waals surface area contributed by atoms with Gasteiger partial charge in [-0.2, -0.15) is 0 Å². The van der Waals surface area contributed by atoms with Gasteiger partial charge in [0.05, 0.1) is 3.79 Å². The zero-order valence-electron chi connectivity index (χ0n) is 9.06. The Morgan fingerprint density at radius 2 is 2.21 bits per heavy atom. The lowest BCUT2D eigenvalue weighted by molar-refractivity contribution is 0.518. The van der Waals surface area contributed by atoms with Crippen LogP contribution in [0.4, 0.5) is 0 Å². The van der Waals surface area contributed by atoms with Crippen molar-refractivity contribution in [3.05, 3.63) is 20.3 Å². The fourth-order valence-electron chi connectivity index (χ4n) is 1.60. The highest BCUT2D eigenvalue weighted by molar-refractivity contribution is 9.11. The van der Waals surface area contributed by atoms with Gasteiger partial charge in [-0.1, -0.05) is 13.8 Å². The Morgan fingerprint density at radius 3 is 2.64 bits per heavy atom. The first-order valence-electron chi connectivity index (χ1n) is 5.18. The SMILES string of the molecule is CCCNC(CC)c1cc(Br)sc1C. The van der Waals surface area contributed by atoms with Gasteiger partial charge in [-0.15, -0.1) is 11.3 Å². The van der Waals surface area contributed by atoms with Crippen molar-refractivity contribution < 1.29 is 0 Å². The molecule has 0 aliphatic rings. The smallest absolute Gasteiger partial charge is 0.0704 e. The number of halogens is 1. The lowest BCUT2D eigenvalue weighted by atomic mass is 10.1. The van der Waals surface area contributed by atoms with E-state index in [0.29, 0.717) is 6.04 Å². The summed E-state index contributed by atoms with van der Waals surface area (Å²) in [6, 6.07) is 2.77. The second-order valence-corrected chi connectivity index (χ2v) is 6.11. The fraction of sp³-hybridized carbons (Fsp3) is 0.636. The molecule has 1 aromatic heterocycles. The molecule has 14 heavy (non-hydrogen) atoms. The standard InChI is InChI=1S/C11H18BrNS/c1-4-6-13-10(5-2)9-7-11(12)14-8(9)3/h7,10,13H,4-6H2,1-3H3. The second kappa shape index (κ2) is 5.89. The molecule has 1 heterocycles. The minimum Gasteiger partial charge on any atom is -0.310 e. The summed E-state index contributed by atoms with van der Waals surface area (Å²) in [5.41, 5.74) is 1.46. The summed E-state index contributed by atoms with van der Waals surface area (Å²) in [6.07, 6.45) is 2.35. The van der Waals surface area contributed by atoms with Crippen LogP contribution in [0, 0.1) is 6.92 Å². The van der Waals surface area contributed by atoms with E-state index in [0.717, 1.165) is 13.0 Å². The van der Waals surface area contributed by atoms with Crippen molar-refractivity contribution in [1.29, 1.82) is 0 Å². The van der Waals surface area contributed by atoms with Gasteiger partial charge < -0.3 is 5.32 Å². The molecule has 1 unspecified atom stereocenters. The van der Waals surface area contributed by atoms with Crippen LogP contribution in [-0.4, -0.2) is 6.54 Å². The maximum absolute atomic E-state index is 3.58. The maximum atomic E-state index is 3.58. The summed E-state index contributed by atoms with van der Waals surface area (Å²) in [6.45, 7) is 7.74. The van der Waals surface area contributed by atoms with Crippen molar-refractivity contribution >= 4 is 27.3 Å². The first-order valence-corrected chi connectivity index (χ1v) is 6.79. The van der Waals surface area contributed by atoms with Crippen LogP contribution < -0.4 is 5.32 Å². The van der Waals surface area contributed by atoms with Crippen LogP contribution in [0.25, 0.3) is 0 Å². The number of aryl methyl sites for hydroxylation is 1. The quantitative estimate of drug-likeness (QED) is 0.846. The molecule has 3 heteroatoms. The summed E-state index contributed by atoms with van der Waals surface area (Å²) in [7, 11) is 0. The van der Waals surface area contributed by atoms with Crippen LogP contribution in [0.2, 0.25) is 0 Å². The van der Waals surface area contributed by atoms with Crippen LogP contribution in [0.15, 0.2) is 9.85 Å². The van der Waals surface area contributed by atoms with E-state index in [1.54, 1.807) is 0 Å². The minimum absolute atomic E-state index is 0.525. The normalized spacial score (nSPS) is 13.1. The van der Waals surface area contributed by atoms with E-state index in [1.807, 2.05) is 11.3 Å². The molecule has 0 radical (unpaired) electrons. The fourth-order valence-corrected chi connectivity index (χ4v) is 3.37. The molecule has 0 bridgehead atoms. The first-order chi connectivity index (χ1) is 6.69. The van der Waals surface area contributed by atoms with Gasteiger partial charge in [-0.25, -0.2) is 0 Å². The molecule has 0 aliphatic carbocycles. The molecule has 0 spiro atoms. The van der Waals surface area contributed by atoms with Crippen molar-refractivity contribution in [2.45, 2.75) is 39.7 Å². The van der Waals surface area contributed by atoms with Gasteiger partial charge in [-0.05, 0) is 53.9 Å². The van der Waals surface area contributed by atoms with E-state index in [-0.39, 0.29) is 0 Å². The minimum atomic E-state index is 0.525.